The monoisotopic (exact) mass is 306 g/mol. The maximum Gasteiger partial charge on any atom is 0.264 e. The molecule has 1 fully saturated rings. The molecule has 2 aromatic rings. The molecule has 1 unspecified atom stereocenters. The highest BCUT2D eigenvalue weighted by molar-refractivity contribution is 7.20. The molecule has 0 spiro atoms. The lowest BCUT2D eigenvalue weighted by Crippen LogP contribution is -2.29. The van der Waals surface area contributed by atoms with Gasteiger partial charge in [-0.05, 0) is 30.9 Å². The van der Waals surface area contributed by atoms with Gasteiger partial charge < -0.3 is 10.6 Å². The first-order valence-electron chi connectivity index (χ1n) is 7.47. The summed E-state index contributed by atoms with van der Waals surface area (Å²) in [5.41, 5.74) is 6.78. The Morgan fingerprint density at radius 2 is 2.33 bits per heavy atom. The molecule has 1 aliphatic rings. The summed E-state index contributed by atoms with van der Waals surface area (Å²) < 4.78 is 1.89. The van der Waals surface area contributed by atoms with Crippen molar-refractivity contribution in [2.75, 3.05) is 19.6 Å². The lowest BCUT2D eigenvalue weighted by atomic mass is 10.1. The highest BCUT2D eigenvalue weighted by Crippen LogP contribution is 2.32. The minimum atomic E-state index is 0.141. The van der Waals surface area contributed by atoms with Crippen molar-refractivity contribution in [1.29, 1.82) is 0 Å². The molecule has 1 amide bonds. The Hall–Kier alpha value is -1.40. The van der Waals surface area contributed by atoms with Crippen molar-refractivity contribution in [3.05, 3.63) is 16.6 Å². The quantitative estimate of drug-likeness (QED) is 0.945. The van der Waals surface area contributed by atoms with Crippen LogP contribution in [0.3, 0.4) is 0 Å². The number of carbonyl (C=O) groups is 1. The minimum absolute atomic E-state index is 0.141. The molecule has 5 nitrogen and oxygen atoms in total. The minimum Gasteiger partial charge on any atom is -0.338 e. The van der Waals surface area contributed by atoms with Crippen LogP contribution in [0.2, 0.25) is 0 Å². The number of fused-ring (bicyclic) bond motifs is 1. The summed E-state index contributed by atoms with van der Waals surface area (Å²) in [5.74, 6) is 0.956. The third-order valence-electron chi connectivity index (χ3n) is 4.20. The molecular weight excluding hydrogens is 284 g/mol. The fourth-order valence-corrected chi connectivity index (χ4v) is 4.01. The Bertz CT molecular complexity index is 673. The van der Waals surface area contributed by atoms with Gasteiger partial charge in [0.05, 0.1) is 10.6 Å². The number of hydrogen-bond donors (Lipinski definition) is 1. The van der Waals surface area contributed by atoms with E-state index in [2.05, 4.69) is 18.9 Å². The maximum absolute atomic E-state index is 12.6. The van der Waals surface area contributed by atoms with Crippen LogP contribution in [0.25, 0.3) is 10.2 Å². The molecule has 0 aromatic carbocycles. The van der Waals surface area contributed by atoms with Crippen LogP contribution < -0.4 is 5.73 Å². The van der Waals surface area contributed by atoms with E-state index in [0.717, 1.165) is 40.3 Å². The van der Waals surface area contributed by atoms with Gasteiger partial charge in [-0.2, -0.15) is 5.10 Å². The fourth-order valence-electron chi connectivity index (χ4n) is 2.96. The third-order valence-corrected chi connectivity index (χ3v) is 5.39. The number of likely N-dealkylation sites (tertiary alicyclic amines) is 1. The zero-order valence-corrected chi connectivity index (χ0v) is 13.6. The summed E-state index contributed by atoms with van der Waals surface area (Å²) in [7, 11) is 1.94. The van der Waals surface area contributed by atoms with Crippen molar-refractivity contribution in [2.45, 2.75) is 26.2 Å². The number of aryl methyl sites for hydroxylation is 1. The zero-order valence-electron chi connectivity index (χ0n) is 12.8. The smallest absolute Gasteiger partial charge is 0.264 e. The van der Waals surface area contributed by atoms with Gasteiger partial charge in [-0.25, -0.2) is 0 Å². The Morgan fingerprint density at radius 3 is 2.95 bits per heavy atom. The van der Waals surface area contributed by atoms with Gasteiger partial charge in [0.1, 0.15) is 4.83 Å². The molecule has 114 valence electrons. The van der Waals surface area contributed by atoms with Crippen molar-refractivity contribution in [3.8, 4) is 0 Å². The molecule has 0 aliphatic carbocycles. The van der Waals surface area contributed by atoms with E-state index in [1.165, 1.54) is 0 Å². The van der Waals surface area contributed by atoms with E-state index in [1.807, 2.05) is 22.7 Å². The Morgan fingerprint density at radius 1 is 1.57 bits per heavy atom. The number of thiophene rings is 1. The van der Waals surface area contributed by atoms with Crippen molar-refractivity contribution in [3.63, 3.8) is 0 Å². The standard InChI is InChI=1S/C15H22N4OS/c1-9(2)13-11-6-12(21-15(11)18(3)17-13)14(20)19-5-4-10(7-16)8-19/h6,9-10H,4-5,7-8,16H2,1-3H3. The molecule has 1 aliphatic heterocycles. The number of rotatable bonds is 3. The predicted octanol–water partition coefficient (Wildman–Crippen LogP) is 2.18. The molecule has 0 bridgehead atoms. The molecule has 2 N–H and O–H groups in total. The molecule has 2 aromatic heterocycles. The Kier molecular flexibility index (Phi) is 3.75. The normalized spacial score (nSPS) is 19.1. The highest BCUT2D eigenvalue weighted by atomic mass is 32.1. The SMILES string of the molecule is CC(C)c1nn(C)c2sc(C(=O)N3CCC(CN)C3)cc12. The van der Waals surface area contributed by atoms with Crippen LogP contribution in [0.1, 0.15) is 41.6 Å². The van der Waals surface area contributed by atoms with Gasteiger partial charge >= 0.3 is 0 Å². The van der Waals surface area contributed by atoms with Gasteiger partial charge in [0.15, 0.2) is 0 Å². The van der Waals surface area contributed by atoms with Gasteiger partial charge in [-0.3, -0.25) is 9.48 Å². The average molecular weight is 306 g/mol. The molecule has 0 saturated carbocycles. The van der Waals surface area contributed by atoms with E-state index in [4.69, 9.17) is 5.73 Å². The highest BCUT2D eigenvalue weighted by Gasteiger charge is 2.28. The van der Waals surface area contributed by atoms with Crippen LogP contribution in [0.5, 0.6) is 0 Å². The van der Waals surface area contributed by atoms with Crippen molar-refractivity contribution in [2.24, 2.45) is 18.7 Å². The second-order valence-corrected chi connectivity index (χ2v) is 7.17. The molecule has 1 atom stereocenters. The van der Waals surface area contributed by atoms with E-state index in [0.29, 0.717) is 18.4 Å². The molecule has 21 heavy (non-hydrogen) atoms. The number of nitrogens with two attached hydrogens (primary N) is 1. The van der Waals surface area contributed by atoms with Gasteiger partial charge in [-0.15, -0.1) is 11.3 Å². The average Bonchev–Trinajstić information content (AvgIpc) is 3.14. The number of aromatic nitrogens is 2. The lowest BCUT2D eigenvalue weighted by molar-refractivity contribution is 0.0792. The predicted molar refractivity (Wildman–Crippen MR) is 85.7 cm³/mol. The van der Waals surface area contributed by atoms with Crippen LogP contribution in [0.4, 0.5) is 0 Å². The van der Waals surface area contributed by atoms with Crippen LogP contribution in [-0.2, 0) is 7.05 Å². The number of nitrogens with zero attached hydrogens (tertiary/aromatic N) is 3. The van der Waals surface area contributed by atoms with E-state index >= 15 is 0 Å². The summed E-state index contributed by atoms with van der Waals surface area (Å²) in [6.45, 7) is 6.54. The molecule has 3 rings (SSSR count). The fraction of sp³-hybridized carbons (Fsp3) is 0.600. The molecule has 6 heteroatoms. The van der Waals surface area contributed by atoms with Crippen molar-refractivity contribution >= 4 is 27.5 Å². The first-order valence-corrected chi connectivity index (χ1v) is 8.28. The molecule has 3 heterocycles. The Balaban J connectivity index is 1.91. The zero-order chi connectivity index (χ0) is 15.1. The topological polar surface area (TPSA) is 64.2 Å². The number of amides is 1. The summed E-state index contributed by atoms with van der Waals surface area (Å²) >= 11 is 1.54. The third kappa shape index (κ3) is 2.46. The Labute approximate surface area is 128 Å². The second-order valence-electron chi connectivity index (χ2n) is 6.13. The van der Waals surface area contributed by atoms with Crippen LogP contribution in [-0.4, -0.2) is 40.2 Å². The van der Waals surface area contributed by atoms with E-state index in [1.54, 1.807) is 11.3 Å². The summed E-state index contributed by atoms with van der Waals surface area (Å²) in [6.07, 6.45) is 1.02. The summed E-state index contributed by atoms with van der Waals surface area (Å²) in [6, 6.07) is 2.01. The first-order chi connectivity index (χ1) is 10.0. The lowest BCUT2D eigenvalue weighted by Gasteiger charge is -2.14. The van der Waals surface area contributed by atoms with Gasteiger partial charge in [-0.1, -0.05) is 13.8 Å². The van der Waals surface area contributed by atoms with E-state index in [-0.39, 0.29) is 5.91 Å². The number of carbonyl (C=O) groups excluding carboxylic acids is 1. The maximum atomic E-state index is 12.6. The van der Waals surface area contributed by atoms with E-state index < -0.39 is 0 Å². The van der Waals surface area contributed by atoms with Gasteiger partial charge in [0, 0.05) is 25.5 Å². The van der Waals surface area contributed by atoms with Crippen LogP contribution >= 0.6 is 11.3 Å². The van der Waals surface area contributed by atoms with Crippen LogP contribution in [0, 0.1) is 5.92 Å². The molecule has 1 saturated heterocycles. The second kappa shape index (κ2) is 5.42. The van der Waals surface area contributed by atoms with E-state index in [9.17, 15) is 4.79 Å². The van der Waals surface area contributed by atoms with Crippen molar-refractivity contribution in [1.82, 2.24) is 14.7 Å². The largest absolute Gasteiger partial charge is 0.338 e. The number of hydrogen-bond acceptors (Lipinski definition) is 4. The molecular formula is C15H22N4OS. The van der Waals surface area contributed by atoms with Gasteiger partial charge in [0.25, 0.3) is 5.91 Å². The van der Waals surface area contributed by atoms with Crippen LogP contribution in [0.15, 0.2) is 6.07 Å². The summed E-state index contributed by atoms with van der Waals surface area (Å²) in [4.78, 5) is 16.5. The first kappa shape index (κ1) is 14.5. The van der Waals surface area contributed by atoms with Crippen molar-refractivity contribution < 1.29 is 4.79 Å². The van der Waals surface area contributed by atoms with Gasteiger partial charge in [0.2, 0.25) is 0 Å². The summed E-state index contributed by atoms with van der Waals surface area (Å²) in [5, 5.41) is 5.68. The molecule has 0 radical (unpaired) electrons.